The maximum Gasteiger partial charge on any atom is 0.230 e. The number of aryl methyl sites for hydroxylation is 1. The first-order chi connectivity index (χ1) is 9.04. The van der Waals surface area contributed by atoms with Crippen molar-refractivity contribution in [2.45, 2.75) is 33.1 Å². The van der Waals surface area contributed by atoms with E-state index in [1.165, 1.54) is 4.88 Å². The topological polar surface area (TPSA) is 54.9 Å². The van der Waals surface area contributed by atoms with Gasteiger partial charge in [-0.25, -0.2) is 0 Å². The third-order valence-corrected chi connectivity index (χ3v) is 3.90. The van der Waals surface area contributed by atoms with Crippen molar-refractivity contribution in [2.75, 3.05) is 5.32 Å². The molecule has 1 N–H and O–H groups in total. The van der Waals surface area contributed by atoms with E-state index in [9.17, 15) is 4.79 Å². The molecule has 0 aliphatic rings. The predicted molar refractivity (Wildman–Crippen MR) is 77.5 cm³/mol. The number of amides is 1. The molecule has 0 unspecified atom stereocenters. The summed E-state index contributed by atoms with van der Waals surface area (Å²) in [6, 6.07) is 5.71. The average Bonchev–Trinajstić information content (AvgIpc) is 2.80. The van der Waals surface area contributed by atoms with Crippen LogP contribution >= 0.6 is 11.3 Å². The largest absolute Gasteiger partial charge is 0.325 e. The van der Waals surface area contributed by atoms with E-state index in [0.717, 1.165) is 11.4 Å². The van der Waals surface area contributed by atoms with Crippen molar-refractivity contribution in [3.63, 3.8) is 0 Å². The second kappa shape index (κ2) is 5.93. The normalized spacial score (nSPS) is 10.7. The van der Waals surface area contributed by atoms with Gasteiger partial charge in [0.1, 0.15) is 0 Å². The Morgan fingerprint density at radius 1 is 1.37 bits per heavy atom. The molecule has 2 heterocycles. The van der Waals surface area contributed by atoms with Crippen LogP contribution in [0.15, 0.2) is 23.6 Å². The van der Waals surface area contributed by atoms with Crippen LogP contribution in [0.5, 0.6) is 0 Å². The average molecular weight is 275 g/mol. The van der Waals surface area contributed by atoms with E-state index in [2.05, 4.69) is 29.4 Å². The minimum absolute atomic E-state index is 0.0636. The van der Waals surface area contributed by atoms with E-state index in [4.69, 9.17) is 0 Å². The van der Waals surface area contributed by atoms with Gasteiger partial charge in [-0.2, -0.15) is 10.2 Å². The first-order valence-corrected chi connectivity index (χ1v) is 7.10. The number of carbonyl (C=O) groups is 1. The molecule has 1 amide bonds. The Balaban J connectivity index is 1.95. The van der Waals surface area contributed by atoms with Gasteiger partial charge in [0.25, 0.3) is 0 Å². The van der Waals surface area contributed by atoms with Crippen LogP contribution in [-0.4, -0.2) is 16.1 Å². The molecular weight excluding hydrogens is 258 g/mol. The highest BCUT2D eigenvalue weighted by Gasteiger charge is 2.08. The Kier molecular flexibility index (Phi) is 4.27. The van der Waals surface area contributed by atoms with Gasteiger partial charge in [-0.3, -0.25) is 4.79 Å². The van der Waals surface area contributed by atoms with Gasteiger partial charge in [0.2, 0.25) is 5.91 Å². The number of nitrogens with one attached hydrogen (secondary N) is 1. The first kappa shape index (κ1) is 13.7. The summed E-state index contributed by atoms with van der Waals surface area (Å²) in [5.41, 5.74) is 2.39. The van der Waals surface area contributed by atoms with Crippen molar-refractivity contribution in [3.8, 4) is 0 Å². The number of rotatable bonds is 4. The Hall–Kier alpha value is -1.75. The molecule has 0 radical (unpaired) electrons. The summed E-state index contributed by atoms with van der Waals surface area (Å²) in [6.07, 6.45) is 0.250. The summed E-state index contributed by atoms with van der Waals surface area (Å²) in [5, 5.41) is 12.8. The van der Waals surface area contributed by atoms with Crippen LogP contribution in [0.2, 0.25) is 0 Å². The second-order valence-electron chi connectivity index (χ2n) is 4.78. The number of nitrogens with zero attached hydrogens (tertiary/aromatic N) is 2. The summed E-state index contributed by atoms with van der Waals surface area (Å²) in [5.74, 6) is 0.421. The highest BCUT2D eigenvalue weighted by Crippen LogP contribution is 2.26. The van der Waals surface area contributed by atoms with Crippen molar-refractivity contribution < 1.29 is 4.79 Å². The lowest BCUT2D eigenvalue weighted by Crippen LogP contribution is -2.15. The molecule has 4 nitrogen and oxygen atoms in total. The highest BCUT2D eigenvalue weighted by molar-refractivity contribution is 7.10. The van der Waals surface area contributed by atoms with Gasteiger partial charge in [-0.1, -0.05) is 13.8 Å². The third-order valence-electron chi connectivity index (χ3n) is 2.67. The van der Waals surface area contributed by atoms with Gasteiger partial charge in [0.05, 0.1) is 23.5 Å². The molecule has 5 heteroatoms. The maximum atomic E-state index is 11.9. The summed E-state index contributed by atoms with van der Waals surface area (Å²) < 4.78 is 0. The molecule has 0 fully saturated rings. The maximum absolute atomic E-state index is 11.9. The van der Waals surface area contributed by atoms with Crippen molar-refractivity contribution in [1.82, 2.24) is 10.2 Å². The minimum atomic E-state index is -0.0636. The second-order valence-corrected chi connectivity index (χ2v) is 5.73. The van der Waals surface area contributed by atoms with Crippen molar-refractivity contribution in [3.05, 3.63) is 39.8 Å². The van der Waals surface area contributed by atoms with Crippen LogP contribution in [0.1, 0.15) is 36.0 Å². The lowest BCUT2D eigenvalue weighted by Gasteiger charge is -2.02. The predicted octanol–water partition coefficient (Wildman–Crippen LogP) is 3.15. The minimum Gasteiger partial charge on any atom is -0.325 e. The van der Waals surface area contributed by atoms with Crippen molar-refractivity contribution in [2.24, 2.45) is 0 Å². The van der Waals surface area contributed by atoms with Crippen LogP contribution in [0.25, 0.3) is 0 Å². The molecule has 0 saturated carbocycles. The van der Waals surface area contributed by atoms with Gasteiger partial charge in [0.15, 0.2) is 0 Å². The van der Waals surface area contributed by atoms with E-state index in [0.29, 0.717) is 11.6 Å². The summed E-state index contributed by atoms with van der Waals surface area (Å²) >= 11 is 1.67. The number of hydrogen-bond acceptors (Lipinski definition) is 4. The Labute approximate surface area is 116 Å². The number of aromatic nitrogens is 2. The van der Waals surface area contributed by atoms with Crippen LogP contribution < -0.4 is 5.32 Å². The van der Waals surface area contributed by atoms with Gasteiger partial charge in [-0.05, 0) is 31.0 Å². The van der Waals surface area contributed by atoms with Gasteiger partial charge >= 0.3 is 0 Å². The molecule has 0 aliphatic carbocycles. The van der Waals surface area contributed by atoms with Crippen molar-refractivity contribution >= 4 is 22.9 Å². The van der Waals surface area contributed by atoms with E-state index in [-0.39, 0.29) is 12.3 Å². The SMILES string of the molecule is Cc1ccc(CC(=O)Nc2csc(C(C)C)c2)nn1. The van der Waals surface area contributed by atoms with Crippen LogP contribution in [-0.2, 0) is 11.2 Å². The molecule has 2 aromatic heterocycles. The summed E-state index contributed by atoms with van der Waals surface area (Å²) in [6.45, 7) is 6.15. The Morgan fingerprint density at radius 3 is 2.74 bits per heavy atom. The van der Waals surface area contributed by atoms with E-state index in [1.54, 1.807) is 11.3 Å². The molecule has 0 bridgehead atoms. The number of thiophene rings is 1. The van der Waals surface area contributed by atoms with Crippen LogP contribution in [0.3, 0.4) is 0 Å². The zero-order valence-corrected chi connectivity index (χ0v) is 12.1. The fourth-order valence-electron chi connectivity index (χ4n) is 1.61. The fraction of sp³-hybridized carbons (Fsp3) is 0.357. The van der Waals surface area contributed by atoms with Crippen molar-refractivity contribution in [1.29, 1.82) is 0 Å². The Morgan fingerprint density at radius 2 is 2.16 bits per heavy atom. The molecular formula is C14H17N3OS. The summed E-state index contributed by atoms with van der Waals surface area (Å²) in [4.78, 5) is 13.1. The summed E-state index contributed by atoms with van der Waals surface area (Å²) in [7, 11) is 0. The molecule has 2 aromatic rings. The standard InChI is InChI=1S/C14H17N3OS/c1-9(2)13-6-12(8-19-13)15-14(18)7-11-5-4-10(3)16-17-11/h4-6,8-9H,7H2,1-3H3,(H,15,18). The number of carbonyl (C=O) groups excluding carboxylic acids is 1. The molecule has 100 valence electrons. The highest BCUT2D eigenvalue weighted by atomic mass is 32.1. The molecule has 19 heavy (non-hydrogen) atoms. The molecule has 0 aromatic carbocycles. The lowest BCUT2D eigenvalue weighted by molar-refractivity contribution is -0.115. The first-order valence-electron chi connectivity index (χ1n) is 6.22. The van der Waals surface area contributed by atoms with Gasteiger partial charge in [0, 0.05) is 10.3 Å². The Bertz CT molecular complexity index is 560. The van der Waals surface area contributed by atoms with Crippen LogP contribution in [0, 0.1) is 6.92 Å². The monoisotopic (exact) mass is 275 g/mol. The smallest absolute Gasteiger partial charge is 0.230 e. The molecule has 2 rings (SSSR count). The van der Waals surface area contributed by atoms with Gasteiger partial charge in [-0.15, -0.1) is 11.3 Å². The molecule has 0 spiro atoms. The van der Waals surface area contributed by atoms with E-state index < -0.39 is 0 Å². The fourth-order valence-corrected chi connectivity index (χ4v) is 2.47. The third kappa shape index (κ3) is 3.86. The molecule has 0 saturated heterocycles. The number of anilines is 1. The quantitative estimate of drug-likeness (QED) is 0.932. The number of hydrogen-bond donors (Lipinski definition) is 1. The lowest BCUT2D eigenvalue weighted by atomic mass is 10.2. The van der Waals surface area contributed by atoms with Gasteiger partial charge < -0.3 is 5.32 Å². The van der Waals surface area contributed by atoms with E-state index >= 15 is 0 Å². The zero-order chi connectivity index (χ0) is 13.8. The molecule has 0 aliphatic heterocycles. The zero-order valence-electron chi connectivity index (χ0n) is 11.3. The molecule has 0 atom stereocenters. The van der Waals surface area contributed by atoms with E-state index in [1.807, 2.05) is 30.5 Å². The van der Waals surface area contributed by atoms with Crippen LogP contribution in [0.4, 0.5) is 5.69 Å².